The maximum Gasteiger partial charge on any atom is 0.265 e. The fraction of sp³-hybridized carbons (Fsp3) is 0.556. The van der Waals surface area contributed by atoms with Gasteiger partial charge in [0.05, 0.1) is 17.8 Å². The van der Waals surface area contributed by atoms with E-state index in [2.05, 4.69) is 4.98 Å². The first-order chi connectivity index (χ1) is 6.69. The molecule has 0 aliphatic heterocycles. The van der Waals surface area contributed by atoms with E-state index in [-0.39, 0.29) is 12.5 Å². The van der Waals surface area contributed by atoms with E-state index in [1.165, 1.54) is 11.3 Å². The van der Waals surface area contributed by atoms with Gasteiger partial charge in [-0.15, -0.1) is 11.3 Å². The van der Waals surface area contributed by atoms with Crippen molar-refractivity contribution < 1.29 is 9.90 Å². The topological polar surface area (TPSA) is 53.4 Å². The molecule has 1 heterocycles. The van der Waals surface area contributed by atoms with E-state index in [0.29, 0.717) is 18.0 Å². The first kappa shape index (κ1) is 11.1. The Morgan fingerprint density at radius 2 is 2.43 bits per heavy atom. The normalized spacial score (nSPS) is 10.2. The Kier molecular flexibility index (Phi) is 4.03. The van der Waals surface area contributed by atoms with Crippen molar-refractivity contribution in [3.63, 3.8) is 0 Å². The number of aryl methyl sites for hydroxylation is 1. The summed E-state index contributed by atoms with van der Waals surface area (Å²) in [7, 11) is 0. The number of aromatic nitrogens is 1. The van der Waals surface area contributed by atoms with Gasteiger partial charge in [-0.1, -0.05) is 0 Å². The standard InChI is InChI=1S/C9H14N2O2S/c1-3-11(4-5-12)9(13)8-6-10-7(2)14-8/h6,12H,3-5H2,1-2H3. The van der Waals surface area contributed by atoms with Crippen LogP contribution in [0.25, 0.3) is 0 Å². The van der Waals surface area contributed by atoms with E-state index in [0.717, 1.165) is 5.01 Å². The summed E-state index contributed by atoms with van der Waals surface area (Å²) in [6.07, 6.45) is 1.59. The summed E-state index contributed by atoms with van der Waals surface area (Å²) in [5.74, 6) is -0.0489. The number of rotatable bonds is 4. The number of nitrogens with zero attached hydrogens (tertiary/aromatic N) is 2. The highest BCUT2D eigenvalue weighted by molar-refractivity contribution is 7.13. The third kappa shape index (κ3) is 2.52. The third-order valence-corrected chi connectivity index (χ3v) is 2.77. The molecule has 0 aromatic carbocycles. The molecule has 1 rings (SSSR count). The summed E-state index contributed by atoms with van der Waals surface area (Å²) in [5.41, 5.74) is 0. The lowest BCUT2D eigenvalue weighted by molar-refractivity contribution is 0.0736. The van der Waals surface area contributed by atoms with Gasteiger partial charge in [-0.2, -0.15) is 0 Å². The van der Waals surface area contributed by atoms with Crippen LogP contribution >= 0.6 is 11.3 Å². The molecule has 0 saturated carbocycles. The van der Waals surface area contributed by atoms with Crippen LogP contribution in [0.5, 0.6) is 0 Å². The van der Waals surface area contributed by atoms with Gasteiger partial charge >= 0.3 is 0 Å². The van der Waals surface area contributed by atoms with Crippen LogP contribution in [-0.4, -0.2) is 40.6 Å². The number of carbonyl (C=O) groups excluding carboxylic acids is 1. The van der Waals surface area contributed by atoms with Crippen molar-refractivity contribution in [3.8, 4) is 0 Å². The molecular weight excluding hydrogens is 200 g/mol. The summed E-state index contributed by atoms with van der Waals surface area (Å²) < 4.78 is 0. The third-order valence-electron chi connectivity index (χ3n) is 1.87. The lowest BCUT2D eigenvalue weighted by Crippen LogP contribution is -2.32. The predicted octanol–water partition coefficient (Wildman–Crippen LogP) is 0.906. The largest absolute Gasteiger partial charge is 0.395 e. The Labute approximate surface area is 87.2 Å². The van der Waals surface area contributed by atoms with Gasteiger partial charge in [0.1, 0.15) is 4.88 Å². The molecule has 78 valence electrons. The molecule has 1 aromatic rings. The summed E-state index contributed by atoms with van der Waals surface area (Å²) in [6.45, 7) is 4.74. The van der Waals surface area contributed by atoms with Gasteiger partial charge in [0.15, 0.2) is 0 Å². The predicted molar refractivity (Wildman–Crippen MR) is 55.5 cm³/mol. The number of carbonyl (C=O) groups is 1. The molecule has 1 aromatic heterocycles. The second-order valence-electron chi connectivity index (χ2n) is 2.85. The molecule has 5 heteroatoms. The van der Waals surface area contributed by atoms with Crippen LogP contribution in [0, 0.1) is 6.92 Å². The number of hydrogen-bond donors (Lipinski definition) is 1. The molecule has 0 atom stereocenters. The molecule has 14 heavy (non-hydrogen) atoms. The van der Waals surface area contributed by atoms with Crippen LogP contribution in [0.15, 0.2) is 6.20 Å². The SMILES string of the molecule is CCN(CCO)C(=O)c1cnc(C)s1. The quantitative estimate of drug-likeness (QED) is 0.810. The Morgan fingerprint density at radius 3 is 2.86 bits per heavy atom. The Hall–Kier alpha value is -0.940. The van der Waals surface area contributed by atoms with Crippen LogP contribution < -0.4 is 0 Å². The first-order valence-corrected chi connectivity index (χ1v) is 5.33. The summed E-state index contributed by atoms with van der Waals surface area (Å²) in [6, 6.07) is 0. The van der Waals surface area contributed by atoms with Crippen molar-refractivity contribution in [2.75, 3.05) is 19.7 Å². The second kappa shape index (κ2) is 5.07. The molecule has 0 bridgehead atoms. The molecular formula is C9H14N2O2S. The second-order valence-corrected chi connectivity index (χ2v) is 4.09. The van der Waals surface area contributed by atoms with Crippen molar-refractivity contribution in [1.29, 1.82) is 0 Å². The van der Waals surface area contributed by atoms with E-state index in [4.69, 9.17) is 5.11 Å². The monoisotopic (exact) mass is 214 g/mol. The number of hydrogen-bond acceptors (Lipinski definition) is 4. The van der Waals surface area contributed by atoms with Crippen LogP contribution in [0.1, 0.15) is 21.6 Å². The first-order valence-electron chi connectivity index (χ1n) is 4.51. The maximum atomic E-state index is 11.8. The van der Waals surface area contributed by atoms with E-state index in [1.807, 2.05) is 13.8 Å². The molecule has 1 amide bonds. The van der Waals surface area contributed by atoms with Gasteiger partial charge in [0.25, 0.3) is 5.91 Å². The van der Waals surface area contributed by atoms with Crippen molar-refractivity contribution >= 4 is 17.2 Å². The summed E-state index contributed by atoms with van der Waals surface area (Å²) >= 11 is 1.38. The fourth-order valence-electron chi connectivity index (χ4n) is 1.14. The van der Waals surface area contributed by atoms with Crippen molar-refractivity contribution in [2.24, 2.45) is 0 Å². The van der Waals surface area contributed by atoms with Crippen molar-refractivity contribution in [3.05, 3.63) is 16.1 Å². The number of amides is 1. The molecule has 0 unspecified atom stereocenters. The van der Waals surface area contributed by atoms with Crippen LogP contribution in [0.2, 0.25) is 0 Å². The van der Waals surface area contributed by atoms with Crippen molar-refractivity contribution in [2.45, 2.75) is 13.8 Å². The van der Waals surface area contributed by atoms with Crippen LogP contribution in [0.4, 0.5) is 0 Å². The Bertz CT molecular complexity index is 312. The highest BCUT2D eigenvalue weighted by atomic mass is 32.1. The number of thiazole rings is 1. The average Bonchev–Trinajstić information content (AvgIpc) is 2.60. The van der Waals surface area contributed by atoms with Gasteiger partial charge in [-0.25, -0.2) is 4.98 Å². The molecule has 0 fully saturated rings. The molecule has 0 spiro atoms. The molecule has 0 aliphatic carbocycles. The molecule has 4 nitrogen and oxygen atoms in total. The smallest absolute Gasteiger partial charge is 0.265 e. The average molecular weight is 214 g/mol. The minimum Gasteiger partial charge on any atom is -0.395 e. The molecule has 0 aliphatic rings. The number of likely N-dealkylation sites (N-methyl/N-ethyl adjacent to an activating group) is 1. The summed E-state index contributed by atoms with van der Waals surface area (Å²) in [4.78, 5) is 18.0. The van der Waals surface area contributed by atoms with Gasteiger partial charge in [-0.05, 0) is 13.8 Å². The lowest BCUT2D eigenvalue weighted by Gasteiger charge is -2.18. The number of aliphatic hydroxyl groups excluding tert-OH is 1. The molecule has 0 saturated heterocycles. The summed E-state index contributed by atoms with van der Waals surface area (Å²) in [5, 5.41) is 9.65. The van der Waals surface area contributed by atoms with E-state index in [9.17, 15) is 4.79 Å². The zero-order valence-corrected chi connectivity index (χ0v) is 9.17. The van der Waals surface area contributed by atoms with Crippen LogP contribution in [-0.2, 0) is 0 Å². The lowest BCUT2D eigenvalue weighted by atomic mass is 10.4. The fourth-order valence-corrected chi connectivity index (χ4v) is 1.89. The van der Waals surface area contributed by atoms with E-state index in [1.54, 1.807) is 11.1 Å². The zero-order chi connectivity index (χ0) is 10.6. The van der Waals surface area contributed by atoms with Crippen molar-refractivity contribution in [1.82, 2.24) is 9.88 Å². The Morgan fingerprint density at radius 1 is 1.71 bits per heavy atom. The van der Waals surface area contributed by atoms with Gasteiger partial charge < -0.3 is 10.0 Å². The number of aliphatic hydroxyl groups is 1. The van der Waals surface area contributed by atoms with Gasteiger partial charge in [0.2, 0.25) is 0 Å². The highest BCUT2D eigenvalue weighted by Crippen LogP contribution is 2.13. The minimum absolute atomic E-state index is 0.00261. The molecule has 1 N–H and O–H groups in total. The Balaban J connectivity index is 2.72. The van der Waals surface area contributed by atoms with E-state index >= 15 is 0 Å². The van der Waals surface area contributed by atoms with Gasteiger partial charge in [-0.3, -0.25) is 4.79 Å². The zero-order valence-electron chi connectivity index (χ0n) is 8.36. The van der Waals surface area contributed by atoms with Gasteiger partial charge in [0, 0.05) is 13.1 Å². The molecule has 0 radical (unpaired) electrons. The van der Waals surface area contributed by atoms with E-state index < -0.39 is 0 Å². The van der Waals surface area contributed by atoms with Crippen LogP contribution in [0.3, 0.4) is 0 Å². The highest BCUT2D eigenvalue weighted by Gasteiger charge is 2.15. The minimum atomic E-state index is -0.0489. The maximum absolute atomic E-state index is 11.8.